The summed E-state index contributed by atoms with van der Waals surface area (Å²) >= 11 is 6.23. The van der Waals surface area contributed by atoms with Crippen LogP contribution in [0.5, 0.6) is 0 Å². The van der Waals surface area contributed by atoms with Crippen molar-refractivity contribution >= 4 is 47.0 Å². The van der Waals surface area contributed by atoms with Gasteiger partial charge in [-0.15, -0.1) is 5.10 Å². The summed E-state index contributed by atoms with van der Waals surface area (Å²) in [5, 5.41) is 23.2. The van der Waals surface area contributed by atoms with Crippen LogP contribution in [-0.2, 0) is 20.7 Å². The first-order chi connectivity index (χ1) is 22.4. The Morgan fingerprint density at radius 3 is 2.46 bits per heavy atom. The molecule has 0 radical (unpaired) electrons. The number of ether oxygens (including phenoxy) is 1. The molecule has 0 bridgehead atoms. The molecule has 5 aromatic rings. The quantitative estimate of drug-likeness (QED) is 0.188. The summed E-state index contributed by atoms with van der Waals surface area (Å²) in [7, 11) is 0. The SMILES string of the molecule is NC(=O)CCOC(=O)N(c1ccccc1)c1cnnc(C(Cc2ccccc2)NC(=O)/C=C/c2cc(Cl)ccc2-n2cnnn2)c1. The monoisotopic (exact) mass is 637 g/mol. The maximum atomic E-state index is 13.3. The number of carbonyl (C=O) groups excluding carboxylic acids is 3. The first-order valence-corrected chi connectivity index (χ1v) is 14.4. The number of rotatable bonds is 12. The van der Waals surface area contributed by atoms with Crippen LogP contribution in [0.2, 0.25) is 5.02 Å². The summed E-state index contributed by atoms with van der Waals surface area (Å²) in [6, 6.07) is 24.5. The van der Waals surface area contributed by atoms with Gasteiger partial charge in [-0.1, -0.05) is 60.1 Å². The molecule has 3 amide bonds. The van der Waals surface area contributed by atoms with Crippen molar-refractivity contribution < 1.29 is 19.1 Å². The van der Waals surface area contributed by atoms with Crippen molar-refractivity contribution in [3.8, 4) is 5.69 Å². The van der Waals surface area contributed by atoms with Crippen molar-refractivity contribution in [1.29, 1.82) is 0 Å². The molecule has 5 rings (SSSR count). The Kier molecular flexibility index (Phi) is 10.4. The van der Waals surface area contributed by atoms with Crippen LogP contribution >= 0.6 is 11.6 Å². The third-order valence-corrected chi connectivity index (χ3v) is 6.88. The maximum Gasteiger partial charge on any atom is 0.419 e. The van der Waals surface area contributed by atoms with E-state index in [9.17, 15) is 14.4 Å². The van der Waals surface area contributed by atoms with E-state index in [1.54, 1.807) is 54.6 Å². The third kappa shape index (κ3) is 8.36. The van der Waals surface area contributed by atoms with Crippen molar-refractivity contribution in [2.45, 2.75) is 18.9 Å². The lowest BCUT2D eigenvalue weighted by atomic mass is 10.0. The molecule has 0 fully saturated rings. The molecular formula is C32H28ClN9O4. The lowest BCUT2D eigenvalue weighted by Gasteiger charge is -2.23. The number of carbonyl (C=O) groups is 3. The molecule has 0 aliphatic heterocycles. The van der Waals surface area contributed by atoms with Gasteiger partial charge in [0.25, 0.3) is 0 Å². The zero-order valence-corrected chi connectivity index (χ0v) is 25.1. The van der Waals surface area contributed by atoms with Crippen molar-refractivity contribution in [3.05, 3.63) is 125 Å². The molecule has 2 aromatic heterocycles. The fourth-order valence-corrected chi connectivity index (χ4v) is 4.69. The standard InChI is InChI=1S/C32H28ClN9O4/c33-24-12-13-29(41-21-36-39-40-41)23(18-24)11-14-31(44)37-27(17-22-7-3-1-4-8-22)28-19-26(20-35-38-28)42(25-9-5-2-6-10-25)32(45)46-16-15-30(34)43/h1-14,18-21,27H,15-17H2,(H2,34,43)(H,37,44)/b14-11+. The number of nitrogens with zero attached hydrogens (tertiary/aromatic N) is 7. The summed E-state index contributed by atoms with van der Waals surface area (Å²) in [5.74, 6) is -1.01. The molecule has 0 aliphatic carbocycles. The second-order valence-electron chi connectivity index (χ2n) is 9.88. The van der Waals surface area contributed by atoms with Crippen molar-refractivity contribution in [3.63, 3.8) is 0 Å². The van der Waals surface area contributed by atoms with E-state index in [-0.39, 0.29) is 13.0 Å². The molecule has 1 atom stereocenters. The van der Waals surface area contributed by atoms with Crippen LogP contribution in [0.25, 0.3) is 11.8 Å². The summed E-state index contributed by atoms with van der Waals surface area (Å²) in [5.41, 5.74) is 8.62. The molecule has 13 nitrogen and oxygen atoms in total. The van der Waals surface area contributed by atoms with Gasteiger partial charge < -0.3 is 15.8 Å². The van der Waals surface area contributed by atoms with Crippen LogP contribution in [-0.4, -0.2) is 54.9 Å². The fraction of sp³-hybridized carbons (Fsp3) is 0.125. The summed E-state index contributed by atoms with van der Waals surface area (Å²) in [6.07, 6.45) is 5.35. The number of halogens is 1. The number of aromatic nitrogens is 6. The van der Waals surface area contributed by atoms with Crippen LogP contribution < -0.4 is 16.0 Å². The van der Waals surface area contributed by atoms with Crippen molar-refractivity contribution in [2.75, 3.05) is 11.5 Å². The van der Waals surface area contributed by atoms with Crippen LogP contribution in [0.3, 0.4) is 0 Å². The molecule has 0 saturated heterocycles. The molecule has 46 heavy (non-hydrogen) atoms. The van der Waals surface area contributed by atoms with Gasteiger partial charge in [-0.2, -0.15) is 14.9 Å². The highest BCUT2D eigenvalue weighted by Gasteiger charge is 2.24. The number of nitrogens with two attached hydrogens (primary N) is 1. The predicted molar refractivity (Wildman–Crippen MR) is 170 cm³/mol. The Bertz CT molecular complexity index is 1820. The number of primary amides is 1. The largest absolute Gasteiger partial charge is 0.448 e. The molecule has 3 aromatic carbocycles. The van der Waals surface area contributed by atoms with E-state index < -0.39 is 23.9 Å². The van der Waals surface area contributed by atoms with Gasteiger partial charge in [0.1, 0.15) is 12.9 Å². The molecule has 232 valence electrons. The average molecular weight is 638 g/mol. The highest BCUT2D eigenvalue weighted by atomic mass is 35.5. The van der Waals surface area contributed by atoms with Gasteiger partial charge in [-0.05, 0) is 64.9 Å². The van der Waals surface area contributed by atoms with Gasteiger partial charge in [-0.3, -0.25) is 9.59 Å². The minimum absolute atomic E-state index is 0.126. The second kappa shape index (κ2) is 15.2. The summed E-state index contributed by atoms with van der Waals surface area (Å²) < 4.78 is 6.80. The van der Waals surface area contributed by atoms with E-state index in [2.05, 4.69) is 31.0 Å². The van der Waals surface area contributed by atoms with Crippen LogP contribution in [0.15, 0.2) is 104 Å². The van der Waals surface area contributed by atoms with Gasteiger partial charge in [0.05, 0.1) is 41.4 Å². The predicted octanol–water partition coefficient (Wildman–Crippen LogP) is 4.37. The average Bonchev–Trinajstić information content (AvgIpc) is 3.60. The zero-order valence-electron chi connectivity index (χ0n) is 24.3. The van der Waals surface area contributed by atoms with Crippen LogP contribution in [0.1, 0.15) is 29.3 Å². The highest BCUT2D eigenvalue weighted by Crippen LogP contribution is 2.28. The van der Waals surface area contributed by atoms with E-state index in [0.717, 1.165) is 5.56 Å². The van der Waals surface area contributed by atoms with Gasteiger partial charge >= 0.3 is 6.09 Å². The lowest BCUT2D eigenvalue weighted by molar-refractivity contribution is -0.119. The molecule has 2 heterocycles. The second-order valence-corrected chi connectivity index (χ2v) is 10.3. The minimum Gasteiger partial charge on any atom is -0.448 e. The van der Waals surface area contributed by atoms with Gasteiger partial charge in [0.2, 0.25) is 11.8 Å². The fourth-order valence-electron chi connectivity index (χ4n) is 4.51. The summed E-state index contributed by atoms with van der Waals surface area (Å²) in [6.45, 7) is -0.191. The Balaban J connectivity index is 1.44. The van der Waals surface area contributed by atoms with Crippen molar-refractivity contribution in [1.82, 2.24) is 35.7 Å². The third-order valence-electron chi connectivity index (χ3n) is 6.64. The number of amides is 3. The number of anilines is 2. The van der Waals surface area contributed by atoms with E-state index in [4.69, 9.17) is 22.1 Å². The van der Waals surface area contributed by atoms with E-state index in [1.807, 2.05) is 36.4 Å². The van der Waals surface area contributed by atoms with Gasteiger partial charge in [0, 0.05) is 16.7 Å². The molecule has 0 spiro atoms. The molecule has 14 heteroatoms. The molecule has 0 saturated carbocycles. The topological polar surface area (TPSA) is 171 Å². The molecule has 3 N–H and O–H groups in total. The first kappa shape index (κ1) is 31.5. The Morgan fingerprint density at radius 2 is 1.74 bits per heavy atom. The highest BCUT2D eigenvalue weighted by molar-refractivity contribution is 6.30. The smallest absolute Gasteiger partial charge is 0.419 e. The lowest BCUT2D eigenvalue weighted by Crippen LogP contribution is -2.31. The number of nitrogens with one attached hydrogen (secondary N) is 1. The number of benzene rings is 3. The molecule has 1 unspecified atom stereocenters. The Labute approximate surface area is 268 Å². The van der Waals surface area contributed by atoms with Crippen molar-refractivity contribution in [2.24, 2.45) is 5.73 Å². The Hall–Kier alpha value is -5.95. The number of tetrazole rings is 1. The van der Waals surface area contributed by atoms with E-state index in [1.165, 1.54) is 28.2 Å². The van der Waals surface area contributed by atoms with E-state index in [0.29, 0.717) is 39.8 Å². The minimum atomic E-state index is -0.738. The van der Waals surface area contributed by atoms with Gasteiger partial charge in [-0.25, -0.2) is 9.69 Å². The summed E-state index contributed by atoms with van der Waals surface area (Å²) in [4.78, 5) is 39.1. The molecule has 0 aliphatic rings. The van der Waals surface area contributed by atoms with E-state index >= 15 is 0 Å². The number of hydrogen-bond acceptors (Lipinski definition) is 9. The maximum absolute atomic E-state index is 13.3. The first-order valence-electron chi connectivity index (χ1n) is 14.1. The number of hydrogen-bond donors (Lipinski definition) is 2. The Morgan fingerprint density at radius 1 is 0.978 bits per heavy atom. The molecular weight excluding hydrogens is 610 g/mol. The zero-order chi connectivity index (χ0) is 32.3. The van der Waals surface area contributed by atoms with Crippen LogP contribution in [0.4, 0.5) is 16.2 Å². The van der Waals surface area contributed by atoms with Crippen LogP contribution in [0, 0.1) is 0 Å². The normalized spacial score (nSPS) is 11.6. The van der Waals surface area contributed by atoms with Gasteiger partial charge in [0.15, 0.2) is 0 Å². The number of para-hydroxylation sites is 1.